The first-order valence-corrected chi connectivity index (χ1v) is 11.0. The highest BCUT2D eigenvalue weighted by atomic mass is 32.2. The van der Waals surface area contributed by atoms with Gasteiger partial charge in [0, 0.05) is 12.6 Å². The van der Waals surface area contributed by atoms with Crippen LogP contribution in [0.2, 0.25) is 0 Å². The first kappa shape index (κ1) is 18.0. The van der Waals surface area contributed by atoms with Gasteiger partial charge in [-0.3, -0.25) is 0 Å². The van der Waals surface area contributed by atoms with E-state index in [4.69, 9.17) is 0 Å². The van der Waals surface area contributed by atoms with E-state index in [0.29, 0.717) is 12.8 Å². The molecule has 1 fully saturated rings. The number of sulfonamides is 1. The van der Waals surface area contributed by atoms with Crippen molar-refractivity contribution in [3.05, 3.63) is 60.4 Å². The lowest BCUT2D eigenvalue weighted by atomic mass is 10.3. The Kier molecular flexibility index (Phi) is 4.95. The third-order valence-corrected chi connectivity index (χ3v) is 8.00. The van der Waals surface area contributed by atoms with Gasteiger partial charge in [-0.2, -0.15) is 4.31 Å². The molecule has 134 valence electrons. The minimum absolute atomic E-state index is 0.156. The molecule has 1 saturated heterocycles. The van der Waals surface area contributed by atoms with E-state index in [1.807, 2.05) is 0 Å². The van der Waals surface area contributed by atoms with Crippen LogP contribution in [0.3, 0.4) is 0 Å². The van der Waals surface area contributed by atoms with Crippen molar-refractivity contribution in [3.63, 3.8) is 0 Å². The Morgan fingerprint density at radius 2 is 1.64 bits per heavy atom. The Balaban J connectivity index is 1.88. The van der Waals surface area contributed by atoms with Crippen molar-refractivity contribution in [2.24, 2.45) is 0 Å². The summed E-state index contributed by atoms with van der Waals surface area (Å²) in [5.41, 5.74) is 0. The highest BCUT2D eigenvalue weighted by molar-refractivity contribution is 7.91. The fraction of sp³-hybridized carbons (Fsp3) is 0.294. The van der Waals surface area contributed by atoms with Gasteiger partial charge in [0.2, 0.25) is 10.0 Å². The van der Waals surface area contributed by atoms with Crippen LogP contribution < -0.4 is 0 Å². The highest BCUT2D eigenvalue weighted by Crippen LogP contribution is 2.28. The second-order valence-corrected chi connectivity index (χ2v) is 9.89. The average molecular weight is 383 g/mol. The van der Waals surface area contributed by atoms with Gasteiger partial charge in [0.1, 0.15) is 5.82 Å². The van der Waals surface area contributed by atoms with Crippen molar-refractivity contribution in [1.82, 2.24) is 4.31 Å². The number of hydrogen-bond acceptors (Lipinski definition) is 4. The minimum atomic E-state index is -3.94. The molecule has 1 atom stereocenters. The van der Waals surface area contributed by atoms with E-state index in [2.05, 4.69) is 0 Å². The Labute approximate surface area is 147 Å². The third kappa shape index (κ3) is 3.75. The van der Waals surface area contributed by atoms with Crippen molar-refractivity contribution in [2.45, 2.75) is 28.7 Å². The summed E-state index contributed by atoms with van der Waals surface area (Å²) in [5.74, 6) is -0.931. The molecule has 3 rings (SSSR count). The minimum Gasteiger partial charge on any atom is -0.224 e. The molecule has 2 aromatic carbocycles. The van der Waals surface area contributed by atoms with Gasteiger partial charge in [0.05, 0.1) is 15.5 Å². The van der Waals surface area contributed by atoms with Gasteiger partial charge in [-0.25, -0.2) is 21.2 Å². The average Bonchev–Trinajstić information content (AvgIpc) is 3.04. The van der Waals surface area contributed by atoms with Crippen LogP contribution in [0.1, 0.15) is 12.8 Å². The number of rotatable bonds is 5. The summed E-state index contributed by atoms with van der Waals surface area (Å²) in [4.78, 5) is 0.0153. The molecule has 1 unspecified atom stereocenters. The van der Waals surface area contributed by atoms with E-state index in [1.54, 1.807) is 18.2 Å². The van der Waals surface area contributed by atoms with E-state index in [9.17, 15) is 21.2 Å². The second-order valence-electron chi connectivity index (χ2n) is 5.96. The Morgan fingerprint density at radius 1 is 0.960 bits per heavy atom. The van der Waals surface area contributed by atoms with Crippen molar-refractivity contribution >= 4 is 19.9 Å². The summed E-state index contributed by atoms with van der Waals surface area (Å²) in [5, 5.41) is 0. The number of benzene rings is 2. The zero-order valence-electron chi connectivity index (χ0n) is 13.4. The van der Waals surface area contributed by atoms with E-state index in [-0.39, 0.29) is 22.1 Å². The Hall–Kier alpha value is -1.77. The van der Waals surface area contributed by atoms with E-state index >= 15 is 0 Å². The molecular formula is C17H18FNO4S2. The molecule has 0 amide bonds. The molecule has 0 saturated carbocycles. The fourth-order valence-electron chi connectivity index (χ4n) is 3.03. The molecule has 5 nitrogen and oxygen atoms in total. The number of nitrogens with zero attached hydrogens (tertiary/aromatic N) is 1. The van der Waals surface area contributed by atoms with Crippen molar-refractivity contribution in [2.75, 3.05) is 12.3 Å². The normalized spacial score (nSPS) is 19.2. The highest BCUT2D eigenvalue weighted by Gasteiger charge is 2.38. The molecule has 0 spiro atoms. The van der Waals surface area contributed by atoms with Crippen molar-refractivity contribution < 1.29 is 21.2 Å². The van der Waals surface area contributed by atoms with Gasteiger partial charge >= 0.3 is 0 Å². The maximum Gasteiger partial charge on any atom is 0.243 e. The molecule has 2 aromatic rings. The molecule has 8 heteroatoms. The molecule has 25 heavy (non-hydrogen) atoms. The fourth-order valence-corrected chi connectivity index (χ4v) is 6.47. The second kappa shape index (κ2) is 6.86. The van der Waals surface area contributed by atoms with E-state index in [1.165, 1.54) is 34.6 Å². The smallest absolute Gasteiger partial charge is 0.224 e. The van der Waals surface area contributed by atoms with Crippen LogP contribution in [-0.2, 0) is 19.9 Å². The van der Waals surface area contributed by atoms with Crippen molar-refractivity contribution in [1.29, 1.82) is 0 Å². The molecule has 0 aromatic heterocycles. The lowest BCUT2D eigenvalue weighted by Crippen LogP contribution is -2.39. The van der Waals surface area contributed by atoms with Gasteiger partial charge in [-0.1, -0.05) is 24.3 Å². The summed E-state index contributed by atoms with van der Waals surface area (Å²) >= 11 is 0. The lowest BCUT2D eigenvalue weighted by molar-refractivity contribution is 0.407. The molecule has 0 aliphatic carbocycles. The predicted molar refractivity (Wildman–Crippen MR) is 91.8 cm³/mol. The van der Waals surface area contributed by atoms with Gasteiger partial charge < -0.3 is 0 Å². The Morgan fingerprint density at radius 3 is 2.32 bits per heavy atom. The van der Waals surface area contributed by atoms with Crippen LogP contribution in [-0.4, -0.2) is 39.5 Å². The maximum atomic E-state index is 13.4. The van der Waals surface area contributed by atoms with Gasteiger partial charge in [-0.05, 0) is 43.2 Å². The molecule has 0 radical (unpaired) electrons. The van der Waals surface area contributed by atoms with Gasteiger partial charge in [0.25, 0.3) is 0 Å². The molecule has 0 bridgehead atoms. The van der Waals surface area contributed by atoms with Crippen molar-refractivity contribution in [3.8, 4) is 0 Å². The maximum absolute atomic E-state index is 13.4. The predicted octanol–water partition coefficient (Wildman–Crippen LogP) is 2.45. The van der Waals surface area contributed by atoms with Crippen LogP contribution in [0.5, 0.6) is 0 Å². The van der Waals surface area contributed by atoms with E-state index in [0.717, 1.165) is 6.07 Å². The standard InChI is InChI=1S/C17H18FNO4S2/c18-14-6-4-10-17(12-14)25(22,23)19-11-5-7-15(19)13-24(20,21)16-8-2-1-3-9-16/h1-4,6,8-10,12,15H,5,7,11,13H2. The summed E-state index contributed by atoms with van der Waals surface area (Å²) < 4.78 is 65.3. The summed E-state index contributed by atoms with van der Waals surface area (Å²) in [6.45, 7) is 0.230. The van der Waals surface area contributed by atoms with Gasteiger partial charge in [-0.15, -0.1) is 0 Å². The molecule has 1 heterocycles. The summed E-state index contributed by atoms with van der Waals surface area (Å²) in [6, 6.07) is 12.1. The monoisotopic (exact) mass is 383 g/mol. The largest absolute Gasteiger partial charge is 0.243 e. The topological polar surface area (TPSA) is 71.5 Å². The molecule has 1 aliphatic rings. The van der Waals surface area contributed by atoms with Crippen LogP contribution in [0.15, 0.2) is 64.4 Å². The van der Waals surface area contributed by atoms with E-state index < -0.39 is 31.7 Å². The number of halogens is 1. The Bertz CT molecular complexity index is 959. The lowest BCUT2D eigenvalue weighted by Gasteiger charge is -2.24. The van der Waals surface area contributed by atoms with Crippen LogP contribution in [0, 0.1) is 5.82 Å². The van der Waals surface area contributed by atoms with Gasteiger partial charge in [0.15, 0.2) is 9.84 Å². The third-order valence-electron chi connectivity index (χ3n) is 4.24. The first-order valence-electron chi connectivity index (χ1n) is 7.86. The first-order chi connectivity index (χ1) is 11.8. The van der Waals surface area contributed by atoms with Crippen LogP contribution >= 0.6 is 0 Å². The summed E-state index contributed by atoms with van der Waals surface area (Å²) in [7, 11) is -7.54. The molecule has 0 N–H and O–H groups in total. The zero-order valence-corrected chi connectivity index (χ0v) is 15.0. The molecule has 1 aliphatic heterocycles. The quantitative estimate of drug-likeness (QED) is 0.795. The summed E-state index contributed by atoms with van der Waals surface area (Å²) in [6.07, 6.45) is 1.03. The SMILES string of the molecule is O=S(=O)(CC1CCCN1S(=O)(=O)c1cccc(F)c1)c1ccccc1. The number of hydrogen-bond donors (Lipinski definition) is 0. The van der Waals surface area contributed by atoms with Crippen LogP contribution in [0.4, 0.5) is 4.39 Å². The van der Waals surface area contributed by atoms with Crippen LogP contribution in [0.25, 0.3) is 0 Å². The zero-order chi connectivity index (χ0) is 18.1. The molecular weight excluding hydrogens is 365 g/mol. The number of sulfone groups is 1.